The van der Waals surface area contributed by atoms with Crippen LogP contribution in [0.15, 0.2) is 18.2 Å². The molecule has 0 N–H and O–H groups in total. The Labute approximate surface area is 94.6 Å². The van der Waals surface area contributed by atoms with Gasteiger partial charge in [-0.05, 0) is 37.8 Å². The Morgan fingerprint density at radius 3 is 2.79 bits per heavy atom. The van der Waals surface area contributed by atoms with Gasteiger partial charge in [0.25, 0.3) is 0 Å². The van der Waals surface area contributed by atoms with Gasteiger partial charge in [0.1, 0.15) is 5.75 Å². The van der Waals surface area contributed by atoms with Gasteiger partial charge in [-0.2, -0.15) is 0 Å². The molecule has 78 valence electrons. The summed E-state index contributed by atoms with van der Waals surface area (Å²) in [6.07, 6.45) is 2.24. The SMILES string of the molecule is CCOc1c(C)cccc1CCCBr. The van der Waals surface area contributed by atoms with E-state index in [1.165, 1.54) is 11.1 Å². The average molecular weight is 257 g/mol. The molecular formula is C12H17BrO. The molecule has 1 aromatic rings. The number of alkyl halides is 1. The molecule has 0 bridgehead atoms. The van der Waals surface area contributed by atoms with Gasteiger partial charge >= 0.3 is 0 Å². The molecule has 1 rings (SSSR count). The van der Waals surface area contributed by atoms with Gasteiger partial charge in [-0.1, -0.05) is 34.1 Å². The van der Waals surface area contributed by atoms with Gasteiger partial charge in [-0.15, -0.1) is 0 Å². The smallest absolute Gasteiger partial charge is 0.125 e. The highest BCUT2D eigenvalue weighted by Crippen LogP contribution is 2.24. The molecule has 0 heterocycles. The summed E-state index contributed by atoms with van der Waals surface area (Å²) in [5, 5.41) is 1.05. The third-order valence-electron chi connectivity index (χ3n) is 2.16. The summed E-state index contributed by atoms with van der Waals surface area (Å²) in [6, 6.07) is 6.35. The zero-order valence-corrected chi connectivity index (χ0v) is 10.4. The van der Waals surface area contributed by atoms with Crippen molar-refractivity contribution in [2.45, 2.75) is 26.7 Å². The van der Waals surface area contributed by atoms with E-state index in [1.807, 2.05) is 6.92 Å². The molecule has 0 saturated heterocycles. The normalized spacial score (nSPS) is 10.2. The number of benzene rings is 1. The molecule has 0 aliphatic rings. The Kier molecular flexibility index (Phi) is 5.02. The molecule has 0 aliphatic heterocycles. The van der Waals surface area contributed by atoms with Crippen molar-refractivity contribution in [1.82, 2.24) is 0 Å². The molecule has 1 nitrogen and oxygen atoms in total. The largest absolute Gasteiger partial charge is 0.493 e. The quantitative estimate of drug-likeness (QED) is 0.730. The minimum absolute atomic E-state index is 0.742. The summed E-state index contributed by atoms with van der Waals surface area (Å²) in [5.41, 5.74) is 2.56. The molecule has 0 spiro atoms. The fourth-order valence-electron chi connectivity index (χ4n) is 1.52. The zero-order chi connectivity index (χ0) is 10.4. The molecule has 14 heavy (non-hydrogen) atoms. The van der Waals surface area contributed by atoms with Gasteiger partial charge in [0.05, 0.1) is 6.61 Å². The van der Waals surface area contributed by atoms with E-state index in [4.69, 9.17) is 4.74 Å². The fraction of sp³-hybridized carbons (Fsp3) is 0.500. The van der Waals surface area contributed by atoms with Crippen molar-refractivity contribution in [3.05, 3.63) is 29.3 Å². The highest BCUT2D eigenvalue weighted by atomic mass is 79.9. The number of aryl methyl sites for hydroxylation is 2. The first-order valence-electron chi connectivity index (χ1n) is 5.06. The number of hydrogen-bond donors (Lipinski definition) is 0. The Balaban J connectivity index is 2.83. The summed E-state index contributed by atoms with van der Waals surface area (Å²) in [7, 11) is 0. The fourth-order valence-corrected chi connectivity index (χ4v) is 1.80. The maximum absolute atomic E-state index is 5.65. The van der Waals surface area contributed by atoms with Crippen molar-refractivity contribution in [3.8, 4) is 5.75 Å². The summed E-state index contributed by atoms with van der Waals surface area (Å²) in [5.74, 6) is 1.08. The maximum atomic E-state index is 5.65. The third kappa shape index (κ3) is 3.02. The van der Waals surface area contributed by atoms with Gasteiger partial charge in [0.15, 0.2) is 0 Å². The lowest BCUT2D eigenvalue weighted by Crippen LogP contribution is -1.99. The van der Waals surface area contributed by atoms with E-state index in [9.17, 15) is 0 Å². The van der Waals surface area contributed by atoms with Crippen LogP contribution in [0.2, 0.25) is 0 Å². The standard InChI is InChI=1S/C12H17BrO/c1-3-14-12-10(2)6-4-7-11(12)8-5-9-13/h4,6-7H,3,5,8-9H2,1-2H3. The number of rotatable bonds is 5. The molecule has 0 aliphatic carbocycles. The van der Waals surface area contributed by atoms with Crippen LogP contribution in [0.4, 0.5) is 0 Å². The highest BCUT2D eigenvalue weighted by molar-refractivity contribution is 9.09. The van der Waals surface area contributed by atoms with Crippen LogP contribution >= 0.6 is 15.9 Å². The van der Waals surface area contributed by atoms with E-state index in [2.05, 4.69) is 41.1 Å². The lowest BCUT2D eigenvalue weighted by Gasteiger charge is -2.12. The van der Waals surface area contributed by atoms with Gasteiger partial charge in [0.2, 0.25) is 0 Å². The number of halogens is 1. The van der Waals surface area contributed by atoms with Crippen molar-refractivity contribution in [1.29, 1.82) is 0 Å². The molecule has 1 aromatic carbocycles. The minimum atomic E-state index is 0.742. The van der Waals surface area contributed by atoms with E-state index >= 15 is 0 Å². The minimum Gasteiger partial charge on any atom is -0.493 e. The second-order valence-electron chi connectivity index (χ2n) is 3.29. The van der Waals surface area contributed by atoms with Gasteiger partial charge in [-0.25, -0.2) is 0 Å². The topological polar surface area (TPSA) is 9.23 Å². The van der Waals surface area contributed by atoms with E-state index in [0.29, 0.717) is 0 Å². The molecule has 0 unspecified atom stereocenters. The summed E-state index contributed by atoms with van der Waals surface area (Å²) < 4.78 is 5.65. The van der Waals surface area contributed by atoms with E-state index in [-0.39, 0.29) is 0 Å². The molecule has 0 atom stereocenters. The zero-order valence-electron chi connectivity index (χ0n) is 8.85. The number of hydrogen-bond acceptors (Lipinski definition) is 1. The first-order chi connectivity index (χ1) is 6.79. The van der Waals surface area contributed by atoms with Gasteiger partial charge in [-0.3, -0.25) is 0 Å². The van der Waals surface area contributed by atoms with E-state index < -0.39 is 0 Å². The predicted octanol–water partition coefficient (Wildman–Crippen LogP) is 3.72. The van der Waals surface area contributed by atoms with Crippen LogP contribution < -0.4 is 4.74 Å². The monoisotopic (exact) mass is 256 g/mol. The molecule has 0 aromatic heterocycles. The van der Waals surface area contributed by atoms with Crippen molar-refractivity contribution in [2.75, 3.05) is 11.9 Å². The highest BCUT2D eigenvalue weighted by Gasteiger charge is 2.05. The van der Waals surface area contributed by atoms with Crippen LogP contribution in [0.3, 0.4) is 0 Å². The molecule has 0 fully saturated rings. The van der Waals surface area contributed by atoms with Crippen molar-refractivity contribution in [3.63, 3.8) is 0 Å². The Bertz CT molecular complexity index is 284. The molecule has 0 amide bonds. The van der Waals surface area contributed by atoms with Crippen LogP contribution in [-0.2, 0) is 6.42 Å². The Morgan fingerprint density at radius 2 is 2.14 bits per heavy atom. The van der Waals surface area contributed by atoms with Crippen molar-refractivity contribution in [2.24, 2.45) is 0 Å². The summed E-state index contributed by atoms with van der Waals surface area (Å²) in [6.45, 7) is 4.87. The molecular weight excluding hydrogens is 240 g/mol. The van der Waals surface area contributed by atoms with E-state index in [1.54, 1.807) is 0 Å². The second-order valence-corrected chi connectivity index (χ2v) is 4.08. The first-order valence-corrected chi connectivity index (χ1v) is 6.19. The molecule has 0 saturated carbocycles. The lowest BCUT2D eigenvalue weighted by atomic mass is 10.1. The van der Waals surface area contributed by atoms with Crippen LogP contribution in [0, 0.1) is 6.92 Å². The number of para-hydroxylation sites is 1. The maximum Gasteiger partial charge on any atom is 0.125 e. The Morgan fingerprint density at radius 1 is 1.36 bits per heavy atom. The van der Waals surface area contributed by atoms with Crippen molar-refractivity contribution < 1.29 is 4.74 Å². The summed E-state index contributed by atoms with van der Waals surface area (Å²) in [4.78, 5) is 0. The van der Waals surface area contributed by atoms with Crippen molar-refractivity contribution >= 4 is 15.9 Å². The number of ether oxygens (including phenoxy) is 1. The first kappa shape index (κ1) is 11.6. The third-order valence-corrected chi connectivity index (χ3v) is 2.72. The van der Waals surface area contributed by atoms with Gasteiger partial charge in [0, 0.05) is 5.33 Å². The van der Waals surface area contributed by atoms with Crippen LogP contribution in [0.5, 0.6) is 5.75 Å². The van der Waals surface area contributed by atoms with Crippen LogP contribution in [-0.4, -0.2) is 11.9 Å². The molecule has 2 heteroatoms. The predicted molar refractivity (Wildman–Crippen MR) is 64.5 cm³/mol. The summed E-state index contributed by atoms with van der Waals surface area (Å²) >= 11 is 3.45. The van der Waals surface area contributed by atoms with Crippen LogP contribution in [0.25, 0.3) is 0 Å². The van der Waals surface area contributed by atoms with E-state index in [0.717, 1.165) is 30.5 Å². The van der Waals surface area contributed by atoms with Gasteiger partial charge < -0.3 is 4.74 Å². The van der Waals surface area contributed by atoms with Crippen LogP contribution in [0.1, 0.15) is 24.5 Å². The second kappa shape index (κ2) is 6.07. The lowest BCUT2D eigenvalue weighted by molar-refractivity contribution is 0.334. The molecule has 0 radical (unpaired) electrons. The Hall–Kier alpha value is -0.500. The average Bonchev–Trinajstić information content (AvgIpc) is 2.19.